The van der Waals surface area contributed by atoms with E-state index in [9.17, 15) is 0 Å². The summed E-state index contributed by atoms with van der Waals surface area (Å²) >= 11 is 0. The molecule has 0 heterocycles. The fourth-order valence-corrected chi connectivity index (χ4v) is 1.71. The maximum Gasteiger partial charge on any atom is 1.00 e. The third kappa shape index (κ3) is 2.75. The van der Waals surface area contributed by atoms with Gasteiger partial charge >= 0.3 is 18.9 Å². The topological polar surface area (TPSA) is 0 Å². The Morgan fingerprint density at radius 2 is 1.40 bits per heavy atom. The average molecular weight is 142 g/mol. The summed E-state index contributed by atoms with van der Waals surface area (Å²) in [4.78, 5) is 0. The molecule has 0 atom stereocenters. The van der Waals surface area contributed by atoms with Gasteiger partial charge < -0.3 is 10.2 Å². The van der Waals surface area contributed by atoms with Crippen molar-refractivity contribution in [2.45, 2.75) is 13.8 Å². The Kier molecular flexibility index (Phi) is 4.04. The van der Waals surface area contributed by atoms with Gasteiger partial charge in [0.1, 0.15) is 0 Å². The summed E-state index contributed by atoms with van der Waals surface area (Å²) in [5.74, 6) is 0. The van der Waals surface area contributed by atoms with E-state index >= 15 is 0 Å². The standard InChI is InChI=1S/C8H11Si.Li/c1-6-3-7(2)5-8(9)4-6;/h3-5H,9H2,1-2H3;/q-1;+1. The van der Waals surface area contributed by atoms with E-state index in [1.165, 1.54) is 16.3 Å². The van der Waals surface area contributed by atoms with Crippen molar-refractivity contribution in [2.24, 2.45) is 0 Å². The first-order valence-electron chi connectivity index (χ1n) is 3.09. The molecule has 0 aliphatic heterocycles. The smallest absolute Gasteiger partial charge is 0.320 e. The van der Waals surface area contributed by atoms with E-state index in [1.807, 2.05) is 10.2 Å². The van der Waals surface area contributed by atoms with Crippen molar-refractivity contribution in [1.29, 1.82) is 0 Å². The molecular weight excluding hydrogens is 131 g/mol. The zero-order valence-electron chi connectivity index (χ0n) is 6.94. The number of hydrogen-bond donors (Lipinski definition) is 0. The molecule has 1 rings (SSSR count). The van der Waals surface area contributed by atoms with Crippen LogP contribution in [0, 0.1) is 13.8 Å². The van der Waals surface area contributed by atoms with Crippen LogP contribution in [0.15, 0.2) is 18.2 Å². The summed E-state index contributed by atoms with van der Waals surface area (Å²) in [6, 6.07) is 6.59. The van der Waals surface area contributed by atoms with E-state index < -0.39 is 0 Å². The van der Waals surface area contributed by atoms with E-state index in [4.69, 9.17) is 0 Å². The summed E-state index contributed by atoms with van der Waals surface area (Å²) in [6.07, 6.45) is 0. The molecule has 1 aromatic rings. The summed E-state index contributed by atoms with van der Waals surface area (Å²) < 4.78 is 0. The van der Waals surface area contributed by atoms with Gasteiger partial charge in [-0.15, -0.1) is 0 Å². The van der Waals surface area contributed by atoms with Crippen LogP contribution in [0.2, 0.25) is 0 Å². The van der Waals surface area contributed by atoms with Crippen LogP contribution in [-0.2, 0) is 0 Å². The maximum atomic E-state index is 2.20. The number of benzene rings is 1. The molecule has 48 valence electrons. The van der Waals surface area contributed by atoms with Crippen molar-refractivity contribution in [1.82, 2.24) is 0 Å². The van der Waals surface area contributed by atoms with E-state index in [-0.39, 0.29) is 18.9 Å². The second-order valence-electron chi connectivity index (χ2n) is 2.50. The minimum absolute atomic E-state index is 0. The first-order chi connectivity index (χ1) is 4.18. The molecule has 0 amide bonds. The van der Waals surface area contributed by atoms with Crippen LogP contribution < -0.4 is 24.0 Å². The van der Waals surface area contributed by atoms with Gasteiger partial charge in [-0.05, 0) is 13.8 Å². The van der Waals surface area contributed by atoms with Crippen molar-refractivity contribution in [3.05, 3.63) is 29.3 Å². The zero-order chi connectivity index (χ0) is 6.85. The molecule has 0 aliphatic rings. The molecule has 0 spiro atoms. The monoisotopic (exact) mass is 142 g/mol. The van der Waals surface area contributed by atoms with Crippen LogP contribution in [0.1, 0.15) is 11.1 Å². The van der Waals surface area contributed by atoms with Crippen LogP contribution in [0.3, 0.4) is 0 Å². The minimum Gasteiger partial charge on any atom is -0.320 e. The van der Waals surface area contributed by atoms with E-state index in [1.54, 1.807) is 0 Å². The molecule has 0 bridgehead atoms. The van der Waals surface area contributed by atoms with Gasteiger partial charge in [-0.3, -0.25) is 0 Å². The van der Waals surface area contributed by atoms with Crippen molar-refractivity contribution in [2.75, 3.05) is 0 Å². The third-order valence-corrected chi connectivity index (χ3v) is 1.69. The van der Waals surface area contributed by atoms with Gasteiger partial charge in [-0.1, -0.05) is 29.3 Å². The van der Waals surface area contributed by atoms with Crippen LogP contribution in [-0.4, -0.2) is 10.2 Å². The first kappa shape index (κ1) is 10.0. The maximum absolute atomic E-state index is 2.20. The molecule has 0 nitrogen and oxygen atoms in total. The summed E-state index contributed by atoms with van der Waals surface area (Å²) in [5.41, 5.74) is 2.72. The minimum atomic E-state index is 0. The molecule has 0 unspecified atom stereocenters. The molecule has 0 saturated heterocycles. The van der Waals surface area contributed by atoms with Crippen LogP contribution >= 0.6 is 0 Å². The van der Waals surface area contributed by atoms with Gasteiger partial charge in [0, 0.05) is 0 Å². The second-order valence-corrected chi connectivity index (χ2v) is 3.31. The van der Waals surface area contributed by atoms with Crippen molar-refractivity contribution in [3.63, 3.8) is 0 Å². The Morgan fingerprint density at radius 3 is 1.70 bits per heavy atom. The van der Waals surface area contributed by atoms with E-state index in [0.717, 1.165) is 0 Å². The zero-order valence-corrected chi connectivity index (χ0v) is 8.35. The molecule has 0 aromatic heterocycles. The molecule has 10 heavy (non-hydrogen) atoms. The number of rotatable bonds is 0. The Morgan fingerprint density at radius 1 is 1.00 bits per heavy atom. The largest absolute Gasteiger partial charge is 1.00 e. The molecule has 0 saturated carbocycles. The van der Waals surface area contributed by atoms with Crippen molar-refractivity contribution in [3.8, 4) is 0 Å². The SMILES string of the molecule is Cc1cc(C)cc([SiH2-])c1.[Li+]. The predicted molar refractivity (Wildman–Crippen MR) is 44.1 cm³/mol. The number of aryl methyl sites for hydroxylation is 2. The van der Waals surface area contributed by atoms with Gasteiger partial charge in [-0.2, -0.15) is 0 Å². The van der Waals surface area contributed by atoms with Crippen molar-refractivity contribution < 1.29 is 18.9 Å². The van der Waals surface area contributed by atoms with Gasteiger partial charge in [0.15, 0.2) is 0 Å². The molecule has 0 aliphatic carbocycles. The Balaban J connectivity index is 0.000000810. The second kappa shape index (κ2) is 4.03. The number of hydrogen-bond acceptors (Lipinski definition) is 0. The summed E-state index contributed by atoms with van der Waals surface area (Å²) in [6.45, 7) is 4.26. The van der Waals surface area contributed by atoms with Crippen LogP contribution in [0.25, 0.3) is 0 Å². The van der Waals surface area contributed by atoms with E-state index in [0.29, 0.717) is 0 Å². The van der Waals surface area contributed by atoms with E-state index in [2.05, 4.69) is 32.0 Å². The van der Waals surface area contributed by atoms with Gasteiger partial charge in [0.05, 0.1) is 0 Å². The predicted octanol–water partition coefficient (Wildman–Crippen LogP) is -2.43. The average Bonchev–Trinajstić information content (AvgIpc) is 1.59. The van der Waals surface area contributed by atoms with Crippen molar-refractivity contribution >= 4 is 15.4 Å². The molecule has 1 aromatic carbocycles. The Labute approximate surface area is 77.6 Å². The van der Waals surface area contributed by atoms with Crippen LogP contribution in [0.4, 0.5) is 0 Å². The van der Waals surface area contributed by atoms with Gasteiger partial charge in [0.2, 0.25) is 0 Å². The Hall–Kier alpha value is 0.0343. The fourth-order valence-electron chi connectivity index (χ4n) is 1.07. The quantitative estimate of drug-likeness (QED) is 0.353. The van der Waals surface area contributed by atoms with Crippen LogP contribution in [0.5, 0.6) is 0 Å². The molecule has 0 N–H and O–H groups in total. The molecule has 2 heteroatoms. The first-order valence-corrected chi connectivity index (χ1v) is 3.79. The fraction of sp³-hybridized carbons (Fsp3) is 0.250. The molecule has 0 radical (unpaired) electrons. The van der Waals surface area contributed by atoms with Gasteiger partial charge in [0.25, 0.3) is 0 Å². The Bertz CT molecular complexity index is 170. The summed E-state index contributed by atoms with van der Waals surface area (Å²) in [7, 11) is 1.93. The van der Waals surface area contributed by atoms with Gasteiger partial charge in [-0.25, -0.2) is 5.19 Å². The molecular formula is C8H11LiSi. The third-order valence-electron chi connectivity index (χ3n) is 1.28. The summed E-state index contributed by atoms with van der Waals surface area (Å²) in [5, 5.41) is 1.38. The normalized spacial score (nSPS) is 8.60. The molecule has 0 fully saturated rings.